The number of amides is 2. The lowest BCUT2D eigenvalue weighted by molar-refractivity contribution is -0.119. The third kappa shape index (κ3) is 3.89. The Bertz CT molecular complexity index is 563. The van der Waals surface area contributed by atoms with Gasteiger partial charge in [0, 0.05) is 59.6 Å². The maximum absolute atomic E-state index is 11.9. The van der Waals surface area contributed by atoms with Crippen LogP contribution in [0.4, 0.5) is 4.79 Å². The number of hydrogen-bond donors (Lipinski definition) is 1. The lowest BCUT2D eigenvalue weighted by Crippen LogP contribution is -2.54. The van der Waals surface area contributed by atoms with Crippen LogP contribution >= 0.6 is 0 Å². The summed E-state index contributed by atoms with van der Waals surface area (Å²) in [6.07, 6.45) is 7.67. The van der Waals surface area contributed by atoms with Crippen LogP contribution in [0.1, 0.15) is 31.4 Å². The van der Waals surface area contributed by atoms with E-state index in [9.17, 15) is 4.79 Å². The van der Waals surface area contributed by atoms with Crippen LogP contribution in [0.5, 0.6) is 0 Å². The van der Waals surface area contributed by atoms with E-state index in [1.165, 1.54) is 5.69 Å². The molecule has 2 aliphatic heterocycles. The van der Waals surface area contributed by atoms with Gasteiger partial charge in [-0.2, -0.15) is 0 Å². The predicted octanol–water partition coefficient (Wildman–Crippen LogP) is 1.20. The molecule has 1 spiro atoms. The van der Waals surface area contributed by atoms with Gasteiger partial charge < -0.3 is 19.5 Å². The Labute approximate surface area is 144 Å². The number of carbonyl (C=O) groups excluding carboxylic acids is 1. The molecule has 134 valence electrons. The van der Waals surface area contributed by atoms with Crippen molar-refractivity contribution in [1.82, 2.24) is 24.7 Å². The van der Waals surface area contributed by atoms with Crippen LogP contribution < -0.4 is 5.32 Å². The van der Waals surface area contributed by atoms with Crippen LogP contribution in [0.25, 0.3) is 0 Å². The molecule has 0 bridgehead atoms. The summed E-state index contributed by atoms with van der Waals surface area (Å²) in [5.41, 5.74) is 1.18. The number of urea groups is 1. The van der Waals surface area contributed by atoms with Gasteiger partial charge in [0.2, 0.25) is 0 Å². The van der Waals surface area contributed by atoms with E-state index in [1.54, 1.807) is 19.0 Å². The van der Waals surface area contributed by atoms with E-state index in [0.717, 1.165) is 51.9 Å². The Morgan fingerprint density at radius 2 is 2.21 bits per heavy atom. The number of nitrogens with zero attached hydrogens (tertiary/aromatic N) is 4. The normalized spacial score (nSPS) is 24.0. The zero-order valence-corrected chi connectivity index (χ0v) is 15.0. The highest BCUT2D eigenvalue weighted by molar-refractivity contribution is 5.73. The number of rotatable bonds is 3. The molecule has 2 fully saturated rings. The SMILES string of the molecule is CN(C)C(=O)NC1CCOC2(CCN(Cc3cncn3C)CC2)C1. The number of ether oxygens (including phenoxy) is 1. The van der Waals surface area contributed by atoms with E-state index >= 15 is 0 Å². The third-order valence-corrected chi connectivity index (χ3v) is 5.30. The first-order chi connectivity index (χ1) is 11.5. The molecule has 0 radical (unpaired) electrons. The van der Waals surface area contributed by atoms with E-state index in [0.29, 0.717) is 0 Å². The quantitative estimate of drug-likeness (QED) is 0.902. The van der Waals surface area contributed by atoms with Gasteiger partial charge in [0.15, 0.2) is 0 Å². The topological polar surface area (TPSA) is 62.6 Å². The summed E-state index contributed by atoms with van der Waals surface area (Å²) in [6.45, 7) is 3.73. The highest BCUT2D eigenvalue weighted by Gasteiger charge is 2.40. The fourth-order valence-corrected chi connectivity index (χ4v) is 3.69. The molecular formula is C17H29N5O2. The van der Waals surface area contributed by atoms with Gasteiger partial charge in [0.05, 0.1) is 17.6 Å². The molecule has 1 unspecified atom stereocenters. The van der Waals surface area contributed by atoms with Gasteiger partial charge in [-0.1, -0.05) is 0 Å². The minimum Gasteiger partial charge on any atom is -0.375 e. The molecular weight excluding hydrogens is 306 g/mol. The molecule has 0 aromatic carbocycles. The van der Waals surface area contributed by atoms with Crippen molar-refractivity contribution in [2.45, 2.75) is 43.9 Å². The fraction of sp³-hybridized carbons (Fsp3) is 0.765. The molecule has 1 aromatic rings. The second-order valence-corrected chi connectivity index (χ2v) is 7.34. The molecule has 2 amide bonds. The summed E-state index contributed by atoms with van der Waals surface area (Å²) >= 11 is 0. The van der Waals surface area contributed by atoms with Crippen molar-refractivity contribution in [3.05, 3.63) is 18.2 Å². The number of likely N-dealkylation sites (tertiary alicyclic amines) is 1. The molecule has 2 saturated heterocycles. The van der Waals surface area contributed by atoms with Crippen molar-refractivity contribution >= 4 is 6.03 Å². The lowest BCUT2D eigenvalue weighted by atomic mass is 9.82. The molecule has 24 heavy (non-hydrogen) atoms. The summed E-state index contributed by atoms with van der Waals surface area (Å²) in [5, 5.41) is 3.13. The second kappa shape index (κ2) is 7.11. The van der Waals surface area contributed by atoms with Crippen molar-refractivity contribution in [3.63, 3.8) is 0 Å². The predicted molar refractivity (Wildman–Crippen MR) is 91.6 cm³/mol. The molecule has 2 aliphatic rings. The van der Waals surface area contributed by atoms with Crippen LogP contribution in [0.15, 0.2) is 12.5 Å². The van der Waals surface area contributed by atoms with Gasteiger partial charge >= 0.3 is 6.03 Å². The van der Waals surface area contributed by atoms with Crippen molar-refractivity contribution < 1.29 is 9.53 Å². The largest absolute Gasteiger partial charge is 0.375 e. The Kier molecular flexibility index (Phi) is 5.10. The lowest BCUT2D eigenvalue weighted by Gasteiger charge is -2.46. The smallest absolute Gasteiger partial charge is 0.317 e. The number of hydrogen-bond acceptors (Lipinski definition) is 4. The number of nitrogens with one attached hydrogen (secondary N) is 1. The Morgan fingerprint density at radius 1 is 1.46 bits per heavy atom. The summed E-state index contributed by atoms with van der Waals surface area (Å²) < 4.78 is 8.25. The zero-order valence-electron chi connectivity index (χ0n) is 15.0. The second-order valence-electron chi connectivity index (χ2n) is 7.34. The zero-order chi connectivity index (χ0) is 17.2. The Morgan fingerprint density at radius 3 is 2.83 bits per heavy atom. The van der Waals surface area contributed by atoms with Gasteiger partial charge in [-0.15, -0.1) is 0 Å². The number of carbonyl (C=O) groups is 1. The molecule has 1 aromatic heterocycles. The maximum atomic E-state index is 11.9. The van der Waals surface area contributed by atoms with E-state index in [-0.39, 0.29) is 17.7 Å². The third-order valence-electron chi connectivity index (χ3n) is 5.30. The summed E-state index contributed by atoms with van der Waals surface area (Å²) in [7, 11) is 5.60. The van der Waals surface area contributed by atoms with Crippen molar-refractivity contribution in [1.29, 1.82) is 0 Å². The van der Waals surface area contributed by atoms with E-state index in [4.69, 9.17) is 4.74 Å². The highest BCUT2D eigenvalue weighted by Crippen LogP contribution is 2.35. The van der Waals surface area contributed by atoms with E-state index in [1.807, 2.05) is 19.6 Å². The van der Waals surface area contributed by atoms with Gasteiger partial charge in [0.1, 0.15) is 0 Å². The van der Waals surface area contributed by atoms with E-state index in [2.05, 4.69) is 19.8 Å². The summed E-state index contributed by atoms with van der Waals surface area (Å²) in [5.74, 6) is 0. The number of aromatic nitrogens is 2. The van der Waals surface area contributed by atoms with Crippen LogP contribution in [-0.2, 0) is 18.3 Å². The standard InChI is InChI=1S/C17H29N5O2/c1-20(2)16(23)19-14-4-9-24-17(10-14)5-7-22(8-6-17)12-15-11-18-13-21(15)3/h11,13-14H,4-10,12H2,1-3H3,(H,19,23). The monoisotopic (exact) mass is 335 g/mol. The summed E-state index contributed by atoms with van der Waals surface area (Å²) in [6, 6.07) is 0.211. The number of imidazole rings is 1. The molecule has 1 N–H and O–H groups in total. The molecule has 0 aliphatic carbocycles. The van der Waals surface area contributed by atoms with Crippen LogP contribution in [-0.4, -0.2) is 70.8 Å². The van der Waals surface area contributed by atoms with Crippen molar-refractivity contribution in [3.8, 4) is 0 Å². The van der Waals surface area contributed by atoms with Crippen molar-refractivity contribution in [2.24, 2.45) is 7.05 Å². The molecule has 7 nitrogen and oxygen atoms in total. The summed E-state index contributed by atoms with van der Waals surface area (Å²) in [4.78, 5) is 20.2. The maximum Gasteiger partial charge on any atom is 0.317 e. The molecule has 1 atom stereocenters. The average molecular weight is 335 g/mol. The van der Waals surface area contributed by atoms with Gasteiger partial charge in [-0.3, -0.25) is 4.90 Å². The fourth-order valence-electron chi connectivity index (χ4n) is 3.69. The van der Waals surface area contributed by atoms with Gasteiger partial charge in [-0.25, -0.2) is 9.78 Å². The van der Waals surface area contributed by atoms with Crippen LogP contribution in [0.2, 0.25) is 0 Å². The average Bonchev–Trinajstić information content (AvgIpc) is 2.95. The van der Waals surface area contributed by atoms with Crippen molar-refractivity contribution in [2.75, 3.05) is 33.8 Å². The Balaban J connectivity index is 1.52. The van der Waals surface area contributed by atoms with Crippen LogP contribution in [0, 0.1) is 0 Å². The Hall–Kier alpha value is -1.60. The van der Waals surface area contributed by atoms with E-state index < -0.39 is 0 Å². The highest BCUT2D eigenvalue weighted by atomic mass is 16.5. The number of piperidine rings is 1. The molecule has 3 rings (SSSR count). The number of aryl methyl sites for hydroxylation is 1. The molecule has 0 saturated carbocycles. The van der Waals surface area contributed by atoms with Crippen LogP contribution in [0.3, 0.4) is 0 Å². The van der Waals surface area contributed by atoms with Gasteiger partial charge in [0.25, 0.3) is 0 Å². The molecule has 3 heterocycles. The molecule has 7 heteroatoms. The first-order valence-corrected chi connectivity index (χ1v) is 8.77. The van der Waals surface area contributed by atoms with Gasteiger partial charge in [-0.05, 0) is 25.7 Å². The minimum absolute atomic E-state index is 0.00862. The first kappa shape index (κ1) is 17.2. The minimum atomic E-state index is -0.0640. The first-order valence-electron chi connectivity index (χ1n) is 8.77.